The fourth-order valence-corrected chi connectivity index (χ4v) is 7.94. The monoisotopic (exact) mass is 580 g/mol. The van der Waals surface area contributed by atoms with E-state index in [4.69, 9.17) is 0 Å². The standard InChI is InChI=1S/C46H28/c1-2-14-32(15-3-1)41-43-37-19-8-6-12-30(37)23-25-39(43)46-42(44-38-20-9-7-13-31(38)24-26-40(44)45(41)46)36-18-10-17-34(28-36)35-22-21-29-11-4-5-16-33(29)27-35/h1-28H. The van der Waals surface area contributed by atoms with Gasteiger partial charge in [-0.15, -0.1) is 0 Å². The van der Waals surface area contributed by atoms with Gasteiger partial charge in [-0.1, -0.05) is 158 Å². The Kier molecular flexibility index (Phi) is 5.38. The first-order valence-corrected chi connectivity index (χ1v) is 16.0. The van der Waals surface area contributed by atoms with Gasteiger partial charge in [0.25, 0.3) is 0 Å². The van der Waals surface area contributed by atoms with Crippen molar-refractivity contribution in [3.05, 3.63) is 203 Å². The van der Waals surface area contributed by atoms with Crippen molar-refractivity contribution in [2.45, 2.75) is 0 Å². The Morgan fingerprint density at radius 1 is 0.239 bits per heavy atom. The van der Waals surface area contributed by atoms with Gasteiger partial charge in [-0.05, 0) is 111 Å². The van der Waals surface area contributed by atoms with Gasteiger partial charge in [0.05, 0.1) is 0 Å². The molecule has 0 nitrogen and oxygen atoms in total. The summed E-state index contributed by atoms with van der Waals surface area (Å²) in [7, 11) is 0. The van der Waals surface area contributed by atoms with Crippen molar-refractivity contribution in [3.63, 3.8) is 0 Å². The van der Waals surface area contributed by atoms with Gasteiger partial charge >= 0.3 is 0 Å². The molecule has 0 heterocycles. The molecular formula is C46H28. The maximum absolute atomic E-state index is 2.40. The molecule has 0 radical (unpaired) electrons. The fraction of sp³-hybridized carbons (Fsp3) is 0. The van der Waals surface area contributed by atoms with Gasteiger partial charge in [0.1, 0.15) is 0 Å². The van der Waals surface area contributed by atoms with Crippen molar-refractivity contribution >= 4 is 54.6 Å². The smallest absolute Gasteiger partial charge is 0.000717 e. The molecule has 0 spiro atoms. The Morgan fingerprint density at radius 3 is 1.39 bits per heavy atom. The normalized spacial score (nSPS) is 13.5. The van der Waals surface area contributed by atoms with E-state index in [2.05, 4.69) is 170 Å². The van der Waals surface area contributed by atoms with E-state index in [-0.39, 0.29) is 0 Å². The van der Waals surface area contributed by atoms with Crippen LogP contribution in [0.15, 0.2) is 170 Å². The summed E-state index contributed by atoms with van der Waals surface area (Å²) < 4.78 is 0. The van der Waals surface area contributed by atoms with Crippen molar-refractivity contribution in [1.29, 1.82) is 0 Å². The molecule has 0 unspecified atom stereocenters. The molecule has 8 aromatic rings. The highest BCUT2D eigenvalue weighted by Gasteiger charge is 2.39. The van der Waals surface area contributed by atoms with E-state index in [0.717, 1.165) is 0 Å². The average Bonchev–Trinajstić information content (AvgIpc) is 3.65. The van der Waals surface area contributed by atoms with Gasteiger partial charge in [-0.2, -0.15) is 0 Å². The molecule has 0 aliphatic heterocycles. The molecule has 46 heavy (non-hydrogen) atoms. The van der Waals surface area contributed by atoms with Gasteiger partial charge in [0.15, 0.2) is 0 Å². The Balaban J connectivity index is 1.33. The zero-order chi connectivity index (χ0) is 30.2. The molecule has 2 aliphatic rings. The zero-order valence-corrected chi connectivity index (χ0v) is 25.2. The average molecular weight is 581 g/mol. The zero-order valence-electron chi connectivity index (χ0n) is 25.2. The summed E-state index contributed by atoms with van der Waals surface area (Å²) in [5, 5.41) is 7.68. The molecule has 212 valence electrons. The van der Waals surface area contributed by atoms with E-state index < -0.39 is 0 Å². The molecule has 0 saturated carbocycles. The fourth-order valence-electron chi connectivity index (χ4n) is 7.94. The first-order valence-electron chi connectivity index (χ1n) is 16.0. The van der Waals surface area contributed by atoms with Crippen molar-refractivity contribution < 1.29 is 0 Å². The minimum absolute atomic E-state index is 1.23. The molecule has 0 amide bonds. The first-order chi connectivity index (χ1) is 22.8. The highest BCUT2D eigenvalue weighted by molar-refractivity contribution is 6.38. The lowest BCUT2D eigenvalue weighted by Crippen LogP contribution is -1.95. The lowest BCUT2D eigenvalue weighted by atomic mass is 9.87. The minimum Gasteiger partial charge on any atom is -0.0622 e. The van der Waals surface area contributed by atoms with E-state index in [1.54, 1.807) is 0 Å². The third kappa shape index (κ3) is 3.62. The van der Waals surface area contributed by atoms with Crippen molar-refractivity contribution in [1.82, 2.24) is 0 Å². The molecule has 0 N–H and O–H groups in total. The molecule has 0 aromatic heterocycles. The summed E-state index contributed by atoms with van der Waals surface area (Å²) in [4.78, 5) is 0. The van der Waals surface area contributed by atoms with Crippen LogP contribution in [-0.4, -0.2) is 0 Å². The summed E-state index contributed by atoms with van der Waals surface area (Å²) in [5.41, 5.74) is 15.7. The molecule has 0 saturated heterocycles. The lowest BCUT2D eigenvalue weighted by molar-refractivity contribution is 1.55. The second-order valence-corrected chi connectivity index (χ2v) is 12.4. The summed E-state index contributed by atoms with van der Waals surface area (Å²) in [6.45, 7) is 0. The summed E-state index contributed by atoms with van der Waals surface area (Å²) >= 11 is 0. The molecule has 10 rings (SSSR count). The van der Waals surface area contributed by atoms with E-state index in [0.29, 0.717) is 0 Å². The maximum Gasteiger partial charge on any atom is -0.000717 e. The van der Waals surface area contributed by atoms with E-state index in [1.807, 2.05) is 0 Å². The van der Waals surface area contributed by atoms with E-state index in [9.17, 15) is 0 Å². The Labute approximate surface area is 268 Å². The SMILES string of the molecule is c1ccc(C2=C3C(=C(c4cccc(-c5ccc6ccccc6c5)c4)c4c3ccc3ccccc43)c3ccc4ccccc4c32)cc1. The molecule has 8 aromatic carbocycles. The molecular weight excluding hydrogens is 553 g/mol. The van der Waals surface area contributed by atoms with Crippen molar-refractivity contribution in [2.24, 2.45) is 0 Å². The number of hydrogen-bond donors (Lipinski definition) is 0. The predicted molar refractivity (Wildman–Crippen MR) is 196 cm³/mol. The van der Waals surface area contributed by atoms with E-state index in [1.165, 1.54) is 99.1 Å². The minimum atomic E-state index is 1.23. The van der Waals surface area contributed by atoms with Crippen LogP contribution >= 0.6 is 0 Å². The third-order valence-electron chi connectivity index (χ3n) is 9.94. The highest BCUT2D eigenvalue weighted by Crippen LogP contribution is 2.60. The molecule has 0 atom stereocenters. The van der Waals surface area contributed by atoms with Crippen LogP contribution in [0.5, 0.6) is 0 Å². The number of benzene rings is 8. The van der Waals surface area contributed by atoms with Gasteiger partial charge in [-0.3, -0.25) is 0 Å². The Hall–Kier alpha value is -5.98. The third-order valence-corrected chi connectivity index (χ3v) is 9.94. The van der Waals surface area contributed by atoms with Crippen molar-refractivity contribution in [2.75, 3.05) is 0 Å². The maximum atomic E-state index is 2.40. The van der Waals surface area contributed by atoms with Gasteiger partial charge < -0.3 is 0 Å². The summed E-state index contributed by atoms with van der Waals surface area (Å²) in [5.74, 6) is 0. The largest absolute Gasteiger partial charge is 0.0622 e. The number of allylic oxidation sites excluding steroid dienone is 2. The van der Waals surface area contributed by atoms with Gasteiger partial charge in [0, 0.05) is 0 Å². The van der Waals surface area contributed by atoms with Gasteiger partial charge in [-0.25, -0.2) is 0 Å². The first kappa shape index (κ1) is 25.4. The number of fused-ring (bicyclic) bond motifs is 10. The Morgan fingerprint density at radius 2 is 0.717 bits per heavy atom. The van der Waals surface area contributed by atoms with E-state index >= 15 is 0 Å². The number of hydrogen-bond acceptors (Lipinski definition) is 0. The second kappa shape index (κ2) is 9.76. The van der Waals surface area contributed by atoms with Crippen LogP contribution < -0.4 is 0 Å². The molecule has 0 fully saturated rings. The van der Waals surface area contributed by atoms with Crippen LogP contribution in [0, 0.1) is 0 Å². The quantitative estimate of drug-likeness (QED) is 0.195. The number of rotatable bonds is 3. The highest BCUT2D eigenvalue weighted by atomic mass is 14.4. The van der Waals surface area contributed by atoms with Crippen LogP contribution in [-0.2, 0) is 0 Å². The molecule has 2 aliphatic carbocycles. The molecule has 0 heteroatoms. The lowest BCUT2D eigenvalue weighted by Gasteiger charge is -2.16. The molecule has 0 bridgehead atoms. The van der Waals surface area contributed by atoms with Crippen LogP contribution in [0.2, 0.25) is 0 Å². The second-order valence-electron chi connectivity index (χ2n) is 12.4. The van der Waals surface area contributed by atoms with Crippen LogP contribution in [0.25, 0.3) is 65.7 Å². The summed E-state index contributed by atoms with van der Waals surface area (Å²) in [6, 6.07) is 62.7. The van der Waals surface area contributed by atoms with Gasteiger partial charge in [0.2, 0.25) is 0 Å². The summed E-state index contributed by atoms with van der Waals surface area (Å²) in [6.07, 6.45) is 0. The predicted octanol–water partition coefficient (Wildman–Crippen LogP) is 12.1. The van der Waals surface area contributed by atoms with Crippen LogP contribution in [0.1, 0.15) is 33.4 Å². The topological polar surface area (TPSA) is 0 Å². The van der Waals surface area contributed by atoms with Crippen LogP contribution in [0.3, 0.4) is 0 Å². The van der Waals surface area contributed by atoms with Crippen molar-refractivity contribution in [3.8, 4) is 11.1 Å². The Bertz CT molecular complexity index is 2610. The van der Waals surface area contributed by atoms with Crippen LogP contribution in [0.4, 0.5) is 0 Å².